The van der Waals surface area contributed by atoms with E-state index >= 15 is 0 Å². The van der Waals surface area contributed by atoms with Crippen LogP contribution in [0.3, 0.4) is 0 Å². The van der Waals surface area contributed by atoms with E-state index in [2.05, 4.69) is 4.74 Å². The SMILES string of the molecule is CC1(C)C(N)C1c1ccccc1OC(F)(F)F. The van der Waals surface area contributed by atoms with E-state index in [9.17, 15) is 13.2 Å². The zero-order valence-corrected chi connectivity index (χ0v) is 9.58. The third kappa shape index (κ3) is 2.24. The van der Waals surface area contributed by atoms with E-state index in [0.29, 0.717) is 5.56 Å². The molecule has 2 nitrogen and oxygen atoms in total. The molecule has 1 aromatic carbocycles. The van der Waals surface area contributed by atoms with Crippen LogP contribution in [0.2, 0.25) is 0 Å². The molecule has 2 atom stereocenters. The first-order chi connectivity index (χ1) is 7.73. The van der Waals surface area contributed by atoms with Crippen molar-refractivity contribution in [3.8, 4) is 5.75 Å². The number of halogens is 3. The first-order valence-electron chi connectivity index (χ1n) is 5.34. The molecule has 2 N–H and O–H groups in total. The van der Waals surface area contributed by atoms with Crippen molar-refractivity contribution in [2.24, 2.45) is 11.1 Å². The minimum absolute atomic E-state index is 0.0824. The molecule has 94 valence electrons. The maximum Gasteiger partial charge on any atom is 0.573 e. The Morgan fingerprint density at radius 1 is 1.24 bits per heavy atom. The molecule has 0 saturated heterocycles. The fraction of sp³-hybridized carbons (Fsp3) is 0.500. The van der Waals surface area contributed by atoms with Gasteiger partial charge in [-0.05, 0) is 17.0 Å². The van der Waals surface area contributed by atoms with Crippen molar-refractivity contribution in [3.63, 3.8) is 0 Å². The topological polar surface area (TPSA) is 35.2 Å². The first-order valence-corrected chi connectivity index (χ1v) is 5.34. The van der Waals surface area contributed by atoms with Gasteiger partial charge in [0.1, 0.15) is 5.75 Å². The first kappa shape index (κ1) is 12.2. The van der Waals surface area contributed by atoms with E-state index in [4.69, 9.17) is 5.73 Å². The van der Waals surface area contributed by atoms with E-state index in [1.54, 1.807) is 12.1 Å². The number of benzene rings is 1. The summed E-state index contributed by atoms with van der Waals surface area (Å²) in [5, 5.41) is 0. The van der Waals surface area contributed by atoms with Crippen LogP contribution < -0.4 is 10.5 Å². The predicted molar refractivity (Wildman–Crippen MR) is 57.6 cm³/mol. The highest BCUT2D eigenvalue weighted by Crippen LogP contribution is 2.59. The monoisotopic (exact) mass is 245 g/mol. The van der Waals surface area contributed by atoms with Gasteiger partial charge in [0.25, 0.3) is 0 Å². The zero-order chi connectivity index (χ0) is 12.8. The lowest BCUT2D eigenvalue weighted by molar-refractivity contribution is -0.274. The van der Waals surface area contributed by atoms with Gasteiger partial charge in [0.15, 0.2) is 0 Å². The Hall–Kier alpha value is -1.23. The second kappa shape index (κ2) is 3.63. The summed E-state index contributed by atoms with van der Waals surface area (Å²) in [4.78, 5) is 0. The van der Waals surface area contributed by atoms with E-state index in [1.807, 2.05) is 13.8 Å². The number of alkyl halides is 3. The number of para-hydroxylation sites is 1. The van der Waals surface area contributed by atoms with Crippen molar-refractivity contribution < 1.29 is 17.9 Å². The van der Waals surface area contributed by atoms with Gasteiger partial charge in [-0.15, -0.1) is 13.2 Å². The number of hydrogen-bond donors (Lipinski definition) is 1. The van der Waals surface area contributed by atoms with Crippen LogP contribution in [0.15, 0.2) is 24.3 Å². The van der Waals surface area contributed by atoms with Crippen LogP contribution in [0.25, 0.3) is 0 Å². The molecule has 0 aromatic heterocycles. The molecule has 0 radical (unpaired) electrons. The molecule has 2 rings (SSSR count). The molecular weight excluding hydrogens is 231 g/mol. The average molecular weight is 245 g/mol. The van der Waals surface area contributed by atoms with Gasteiger partial charge in [-0.25, -0.2) is 0 Å². The highest BCUT2D eigenvalue weighted by Gasteiger charge is 2.57. The van der Waals surface area contributed by atoms with Crippen molar-refractivity contribution >= 4 is 0 Å². The third-order valence-corrected chi connectivity index (χ3v) is 3.39. The van der Waals surface area contributed by atoms with Gasteiger partial charge in [-0.3, -0.25) is 0 Å². The highest BCUT2D eigenvalue weighted by molar-refractivity contribution is 5.44. The maximum absolute atomic E-state index is 12.2. The molecule has 0 spiro atoms. The lowest BCUT2D eigenvalue weighted by atomic mass is 10.0. The lowest BCUT2D eigenvalue weighted by Gasteiger charge is -2.13. The molecular formula is C12H14F3NO. The average Bonchev–Trinajstić information content (AvgIpc) is 2.65. The molecule has 1 fully saturated rings. The van der Waals surface area contributed by atoms with Crippen LogP contribution in [-0.4, -0.2) is 12.4 Å². The molecule has 1 aromatic rings. The summed E-state index contributed by atoms with van der Waals surface area (Å²) in [5.41, 5.74) is 6.23. The summed E-state index contributed by atoms with van der Waals surface area (Å²) in [6.45, 7) is 3.87. The highest BCUT2D eigenvalue weighted by atomic mass is 19.4. The van der Waals surface area contributed by atoms with E-state index in [1.165, 1.54) is 12.1 Å². The van der Waals surface area contributed by atoms with Crippen LogP contribution in [0.4, 0.5) is 13.2 Å². The van der Waals surface area contributed by atoms with Crippen LogP contribution >= 0.6 is 0 Å². The third-order valence-electron chi connectivity index (χ3n) is 3.39. The van der Waals surface area contributed by atoms with Crippen molar-refractivity contribution in [1.82, 2.24) is 0 Å². The summed E-state index contributed by atoms with van der Waals surface area (Å²) in [6, 6.07) is 6.05. The number of nitrogens with two attached hydrogens (primary N) is 1. The number of ether oxygens (including phenoxy) is 1. The molecule has 1 saturated carbocycles. The summed E-state index contributed by atoms with van der Waals surface area (Å²) in [7, 11) is 0. The molecule has 0 bridgehead atoms. The van der Waals surface area contributed by atoms with Gasteiger partial charge in [0.2, 0.25) is 0 Å². The number of rotatable bonds is 2. The Bertz CT molecular complexity index is 428. The van der Waals surface area contributed by atoms with E-state index < -0.39 is 6.36 Å². The molecule has 5 heteroatoms. The predicted octanol–water partition coefficient (Wildman–Crippen LogP) is 3.04. The minimum atomic E-state index is -4.67. The smallest absolute Gasteiger partial charge is 0.405 e. The quantitative estimate of drug-likeness (QED) is 0.869. The minimum Gasteiger partial charge on any atom is -0.405 e. The standard InChI is InChI=1S/C12H14F3NO/c1-11(2)9(10(11)16)7-5-3-4-6-8(7)17-12(13,14)15/h3-6,9-10H,16H2,1-2H3. The molecule has 0 aliphatic heterocycles. The van der Waals surface area contributed by atoms with E-state index in [0.717, 1.165) is 0 Å². The largest absolute Gasteiger partial charge is 0.573 e. The second-order valence-electron chi connectivity index (χ2n) is 4.91. The van der Waals surface area contributed by atoms with Crippen LogP contribution in [-0.2, 0) is 0 Å². The van der Waals surface area contributed by atoms with Crippen LogP contribution in [0.5, 0.6) is 5.75 Å². The van der Waals surface area contributed by atoms with Gasteiger partial charge < -0.3 is 10.5 Å². The Labute approximate surface area is 97.6 Å². The molecule has 1 aliphatic rings. The fourth-order valence-corrected chi connectivity index (χ4v) is 2.23. The van der Waals surface area contributed by atoms with Crippen molar-refractivity contribution in [3.05, 3.63) is 29.8 Å². The van der Waals surface area contributed by atoms with Crippen molar-refractivity contribution in [2.45, 2.75) is 32.2 Å². The normalized spacial score (nSPS) is 26.7. The Morgan fingerprint density at radius 2 is 1.76 bits per heavy atom. The van der Waals surface area contributed by atoms with Gasteiger partial charge >= 0.3 is 6.36 Å². The Morgan fingerprint density at radius 3 is 2.24 bits per heavy atom. The Kier molecular flexibility index (Phi) is 2.61. The van der Waals surface area contributed by atoms with Crippen LogP contribution in [0, 0.1) is 5.41 Å². The van der Waals surface area contributed by atoms with Gasteiger partial charge in [0.05, 0.1) is 0 Å². The van der Waals surface area contributed by atoms with Gasteiger partial charge in [-0.1, -0.05) is 32.0 Å². The zero-order valence-electron chi connectivity index (χ0n) is 9.58. The van der Waals surface area contributed by atoms with Gasteiger partial charge in [-0.2, -0.15) is 0 Å². The lowest BCUT2D eigenvalue weighted by Crippen LogP contribution is -2.18. The second-order valence-corrected chi connectivity index (χ2v) is 4.91. The summed E-state index contributed by atoms with van der Waals surface area (Å²) in [6.07, 6.45) is -4.67. The summed E-state index contributed by atoms with van der Waals surface area (Å²) < 4.78 is 40.7. The van der Waals surface area contributed by atoms with Crippen LogP contribution in [0.1, 0.15) is 25.3 Å². The molecule has 1 aliphatic carbocycles. The summed E-state index contributed by atoms with van der Waals surface area (Å²) >= 11 is 0. The maximum atomic E-state index is 12.2. The van der Waals surface area contributed by atoms with E-state index in [-0.39, 0.29) is 23.1 Å². The molecule has 0 heterocycles. The molecule has 17 heavy (non-hydrogen) atoms. The number of hydrogen-bond acceptors (Lipinski definition) is 2. The van der Waals surface area contributed by atoms with Gasteiger partial charge in [0, 0.05) is 12.0 Å². The van der Waals surface area contributed by atoms with Crippen molar-refractivity contribution in [2.75, 3.05) is 0 Å². The van der Waals surface area contributed by atoms with Crippen molar-refractivity contribution in [1.29, 1.82) is 0 Å². The molecule has 0 amide bonds. The fourth-order valence-electron chi connectivity index (χ4n) is 2.23. The summed E-state index contributed by atoms with van der Waals surface area (Å²) in [5.74, 6) is -0.230. The molecule has 2 unspecified atom stereocenters. The Balaban J connectivity index is 2.30.